The van der Waals surface area contributed by atoms with Gasteiger partial charge in [0.15, 0.2) is 24.6 Å². The molecule has 65 heavy (non-hydrogen) atoms. The zero-order chi connectivity index (χ0) is 46.6. The van der Waals surface area contributed by atoms with Gasteiger partial charge in [-0.25, -0.2) is 19.2 Å². The first-order valence-corrected chi connectivity index (χ1v) is 21.1. The molecule has 0 bridgehead atoms. The minimum atomic E-state index is -1.75. The second-order valence-electron chi connectivity index (χ2n) is 13.9. The van der Waals surface area contributed by atoms with Crippen LogP contribution in [0.3, 0.4) is 0 Å². The number of halogens is 3. The Hall–Kier alpha value is -6.08. The zero-order valence-electron chi connectivity index (χ0n) is 34.4. The molecule has 1 aliphatic heterocycles. The third-order valence-corrected chi connectivity index (χ3v) is 9.41. The molecule has 0 unspecified atom stereocenters. The first-order valence-electron chi connectivity index (χ1n) is 20.0. The molecule has 4 aromatic rings. The van der Waals surface area contributed by atoms with E-state index in [4.69, 9.17) is 68.0 Å². The molecule has 5 rings (SSSR count). The zero-order valence-corrected chi connectivity index (χ0v) is 36.7. The quantitative estimate of drug-likeness (QED) is 0.0457. The number of amides is 2. The molecule has 0 saturated carbocycles. The summed E-state index contributed by atoms with van der Waals surface area (Å²) >= 11 is 16.7. The third-order valence-electron chi connectivity index (χ3n) is 9.08. The number of benzene rings is 4. The lowest BCUT2D eigenvalue weighted by atomic mass is 9.97. The molecule has 0 aliphatic carbocycles. The van der Waals surface area contributed by atoms with Crippen LogP contribution in [0.15, 0.2) is 121 Å². The normalized spacial score (nSPS) is 18.0. The molecule has 1 aliphatic rings. The van der Waals surface area contributed by atoms with Crippen LogP contribution in [0.2, 0.25) is 0 Å². The van der Waals surface area contributed by atoms with Crippen molar-refractivity contribution in [1.82, 2.24) is 16.0 Å². The smallest absolute Gasteiger partial charge is 0.338 e. The Balaban J connectivity index is 1.32. The van der Waals surface area contributed by atoms with E-state index in [0.29, 0.717) is 0 Å². The average Bonchev–Trinajstić information content (AvgIpc) is 3.32. The molecule has 3 N–H and O–H groups in total. The Kier molecular flexibility index (Phi) is 19.5. The topological polar surface area (TPSA) is 220 Å². The maximum absolute atomic E-state index is 13.8. The molecule has 0 spiro atoms. The van der Waals surface area contributed by atoms with Crippen molar-refractivity contribution < 1.29 is 66.7 Å². The van der Waals surface area contributed by atoms with Gasteiger partial charge in [-0.05, 0) is 48.5 Å². The van der Waals surface area contributed by atoms with Gasteiger partial charge < -0.3 is 49.1 Å². The molecular formula is C45H44Cl3N3O14. The van der Waals surface area contributed by atoms with Gasteiger partial charge >= 0.3 is 29.8 Å². The average molecular weight is 957 g/mol. The van der Waals surface area contributed by atoms with Crippen LogP contribution in [0, 0.1) is 0 Å². The highest BCUT2D eigenvalue weighted by atomic mass is 35.6. The molecule has 1 heterocycles. The third kappa shape index (κ3) is 16.8. The number of hydrogen-bond acceptors (Lipinski definition) is 15. The molecule has 1 fully saturated rings. The van der Waals surface area contributed by atoms with Crippen LogP contribution in [0.4, 0.5) is 0 Å². The van der Waals surface area contributed by atoms with Crippen molar-refractivity contribution in [3.05, 3.63) is 144 Å². The summed E-state index contributed by atoms with van der Waals surface area (Å²) in [6, 6.07) is 31.7. The van der Waals surface area contributed by atoms with Crippen LogP contribution < -0.4 is 16.0 Å². The number of nitrogens with one attached hydrogen (secondary N) is 3. The summed E-state index contributed by atoms with van der Waals surface area (Å²) in [5.41, 5.74) is 0.543. The van der Waals surface area contributed by atoms with Crippen molar-refractivity contribution in [2.75, 3.05) is 46.0 Å². The number of alkyl halides is 3. The van der Waals surface area contributed by atoms with Gasteiger partial charge in [-0.15, -0.1) is 0 Å². The Morgan fingerprint density at radius 2 is 1.00 bits per heavy atom. The van der Waals surface area contributed by atoms with Crippen LogP contribution in [0.25, 0.3) is 0 Å². The number of carbonyl (C=O) groups is 7. The van der Waals surface area contributed by atoms with Gasteiger partial charge in [0.2, 0.25) is 15.6 Å². The summed E-state index contributed by atoms with van der Waals surface area (Å²) < 4.78 is 39.1. The molecule has 2 amide bonds. The Morgan fingerprint density at radius 1 is 0.538 bits per heavy atom. The highest BCUT2D eigenvalue weighted by Gasteiger charge is 2.53. The van der Waals surface area contributed by atoms with E-state index in [1.165, 1.54) is 48.5 Å². The van der Waals surface area contributed by atoms with Crippen molar-refractivity contribution in [1.29, 1.82) is 0 Å². The predicted molar refractivity (Wildman–Crippen MR) is 233 cm³/mol. The summed E-state index contributed by atoms with van der Waals surface area (Å²) in [5.74, 6) is -5.20. The summed E-state index contributed by atoms with van der Waals surface area (Å²) in [6.45, 7) is -2.05. The maximum atomic E-state index is 13.8. The van der Waals surface area contributed by atoms with Crippen molar-refractivity contribution in [3.8, 4) is 0 Å². The van der Waals surface area contributed by atoms with Crippen molar-refractivity contribution in [3.63, 3.8) is 0 Å². The molecule has 0 radical (unpaired) electrons. The molecule has 1 saturated heterocycles. The van der Waals surface area contributed by atoms with E-state index in [1.54, 1.807) is 72.8 Å². The predicted octanol–water partition coefficient (Wildman–Crippen LogP) is 4.39. The molecule has 4 aromatic carbocycles. The maximum Gasteiger partial charge on any atom is 0.338 e. The monoisotopic (exact) mass is 955 g/mol. The van der Waals surface area contributed by atoms with E-state index in [0.717, 1.165) is 0 Å². The van der Waals surface area contributed by atoms with E-state index < -0.39 is 95.9 Å². The van der Waals surface area contributed by atoms with Gasteiger partial charge in [-0.3, -0.25) is 14.4 Å². The Morgan fingerprint density at radius 3 is 1.51 bits per heavy atom. The SMILES string of the molecule is O=C(CNCCC(=O)OCC(Cl)(Cl)Cl)NCC(=O)NCCO[C@@H]1O[C@H](COC(=O)c2ccccc2)[C@H](OC(=O)c2ccccc2)[C@H](OC(=O)c2ccccc2)[C@H]1OC(=O)c1ccccc1. The van der Waals surface area contributed by atoms with Gasteiger partial charge in [0, 0.05) is 13.1 Å². The Labute approximate surface area is 388 Å². The lowest BCUT2D eigenvalue weighted by molar-refractivity contribution is -0.297. The van der Waals surface area contributed by atoms with Gasteiger partial charge in [0.25, 0.3) is 0 Å². The van der Waals surface area contributed by atoms with Crippen molar-refractivity contribution in [2.45, 2.75) is 40.9 Å². The van der Waals surface area contributed by atoms with E-state index in [9.17, 15) is 33.6 Å². The van der Waals surface area contributed by atoms with E-state index in [-0.39, 0.29) is 54.9 Å². The fourth-order valence-corrected chi connectivity index (χ4v) is 6.12. The number of carbonyl (C=O) groups excluding carboxylic acids is 7. The van der Waals surface area contributed by atoms with Crippen molar-refractivity contribution >= 4 is 76.5 Å². The van der Waals surface area contributed by atoms with Gasteiger partial charge in [-0.1, -0.05) is 108 Å². The molecule has 17 nitrogen and oxygen atoms in total. The van der Waals surface area contributed by atoms with Crippen LogP contribution in [-0.2, 0) is 47.5 Å². The lowest BCUT2D eigenvalue weighted by Gasteiger charge is -2.44. The lowest BCUT2D eigenvalue weighted by Crippen LogP contribution is -2.63. The Bertz CT molecular complexity index is 2200. The molecular weight excluding hydrogens is 913 g/mol. The second kappa shape index (κ2) is 25.4. The minimum Gasteiger partial charge on any atom is -0.461 e. The fourth-order valence-electron chi connectivity index (χ4n) is 5.96. The van der Waals surface area contributed by atoms with Crippen LogP contribution in [-0.4, -0.2) is 122 Å². The molecule has 20 heteroatoms. The van der Waals surface area contributed by atoms with E-state index >= 15 is 0 Å². The molecule has 5 atom stereocenters. The molecule has 344 valence electrons. The number of hydrogen-bond donors (Lipinski definition) is 3. The largest absolute Gasteiger partial charge is 0.461 e. The highest BCUT2D eigenvalue weighted by Crippen LogP contribution is 2.32. The van der Waals surface area contributed by atoms with Crippen LogP contribution >= 0.6 is 34.8 Å². The number of esters is 5. The summed E-state index contributed by atoms with van der Waals surface area (Å²) in [4.78, 5) is 91.1. The second-order valence-corrected chi connectivity index (χ2v) is 16.4. The summed E-state index contributed by atoms with van der Waals surface area (Å²) in [7, 11) is 0. The first-order chi connectivity index (χ1) is 31.3. The van der Waals surface area contributed by atoms with Gasteiger partial charge in [0.1, 0.15) is 19.3 Å². The molecule has 0 aromatic heterocycles. The van der Waals surface area contributed by atoms with Crippen LogP contribution in [0.5, 0.6) is 0 Å². The minimum absolute atomic E-state index is 0.0688. The summed E-state index contributed by atoms with van der Waals surface area (Å²) in [5, 5.41) is 7.73. The van der Waals surface area contributed by atoms with E-state index in [2.05, 4.69) is 16.0 Å². The number of rotatable bonds is 21. The standard InChI is InChI=1S/C45H44Cl3N3O14/c46-45(47,48)28-61-36(54)21-22-49-25-34(52)51-26-35(53)50-23-24-59-44-39(65-43(58)32-19-11-4-12-20-32)38(64-42(57)31-17-9-3-10-18-31)37(63-41(56)30-15-7-2-8-16-30)33(62-44)27-60-40(55)29-13-5-1-6-14-29/h1-20,33,37-39,44,49H,21-28H2,(H,50,53)(H,51,52)/t33-,37+,38+,39-,44-/m1/s1. The van der Waals surface area contributed by atoms with Crippen LogP contribution in [0.1, 0.15) is 47.9 Å². The van der Waals surface area contributed by atoms with Gasteiger partial charge in [-0.2, -0.15) is 0 Å². The van der Waals surface area contributed by atoms with Gasteiger partial charge in [0.05, 0.1) is 48.4 Å². The fraction of sp³-hybridized carbons (Fsp3) is 0.311. The van der Waals surface area contributed by atoms with E-state index in [1.807, 2.05) is 0 Å². The number of ether oxygens (including phenoxy) is 7. The van der Waals surface area contributed by atoms with Crippen molar-refractivity contribution in [2.24, 2.45) is 0 Å². The summed E-state index contributed by atoms with van der Waals surface area (Å²) in [6.07, 6.45) is -7.96. The highest BCUT2D eigenvalue weighted by molar-refractivity contribution is 6.67. The first kappa shape index (κ1) is 49.9.